The maximum Gasteiger partial charge on any atom is 0.0678 e. The predicted octanol–water partition coefficient (Wildman–Crippen LogP) is 1.95. The Hall–Kier alpha value is -1.52. The number of benzene rings is 1. The fourth-order valence-electron chi connectivity index (χ4n) is 3.13. The zero-order valence-corrected chi connectivity index (χ0v) is 12.5. The molecule has 1 aromatic heterocycles. The van der Waals surface area contributed by atoms with Crippen LogP contribution in [0.3, 0.4) is 0 Å². The summed E-state index contributed by atoms with van der Waals surface area (Å²) >= 11 is 0. The van der Waals surface area contributed by atoms with E-state index in [2.05, 4.69) is 58.9 Å². The molecule has 4 nitrogen and oxygen atoms in total. The Kier molecular flexibility index (Phi) is 3.68. The molecule has 1 saturated heterocycles. The van der Waals surface area contributed by atoms with Gasteiger partial charge in [-0.3, -0.25) is 0 Å². The first kappa shape index (κ1) is 13.5. The molecule has 0 N–H and O–H groups in total. The van der Waals surface area contributed by atoms with Gasteiger partial charge in [-0.1, -0.05) is 0 Å². The summed E-state index contributed by atoms with van der Waals surface area (Å²) in [5.74, 6) is 0. The minimum atomic E-state index is 0.430. The Labute approximate surface area is 120 Å². The maximum atomic E-state index is 5.40. The molecule has 0 bridgehead atoms. The highest BCUT2D eigenvalue weighted by molar-refractivity contribution is 5.84. The average molecular weight is 273 g/mol. The van der Waals surface area contributed by atoms with Crippen LogP contribution >= 0.6 is 0 Å². The van der Waals surface area contributed by atoms with E-state index in [0.717, 1.165) is 26.2 Å². The van der Waals surface area contributed by atoms with Crippen molar-refractivity contribution in [3.8, 4) is 0 Å². The summed E-state index contributed by atoms with van der Waals surface area (Å²) in [5.41, 5.74) is 2.59. The van der Waals surface area contributed by atoms with E-state index in [4.69, 9.17) is 4.74 Å². The third-order valence-electron chi connectivity index (χ3n) is 4.25. The van der Waals surface area contributed by atoms with Gasteiger partial charge in [0.25, 0.3) is 0 Å². The van der Waals surface area contributed by atoms with Crippen LogP contribution in [0.15, 0.2) is 30.5 Å². The fourth-order valence-corrected chi connectivity index (χ4v) is 3.13. The average Bonchev–Trinajstić information content (AvgIpc) is 2.80. The largest absolute Gasteiger partial charge is 0.383 e. The molecule has 0 spiro atoms. The smallest absolute Gasteiger partial charge is 0.0678 e. The number of anilines is 1. The summed E-state index contributed by atoms with van der Waals surface area (Å²) in [6, 6.07) is 9.35. The highest BCUT2D eigenvalue weighted by Gasteiger charge is 2.25. The first-order chi connectivity index (χ1) is 9.69. The van der Waals surface area contributed by atoms with Crippen molar-refractivity contribution in [3.63, 3.8) is 0 Å². The molecule has 0 aliphatic carbocycles. The monoisotopic (exact) mass is 273 g/mol. The minimum Gasteiger partial charge on any atom is -0.383 e. The molecule has 4 heteroatoms. The number of likely N-dealkylation sites (N-methyl/N-ethyl adjacent to an activating group) is 1. The molecule has 108 valence electrons. The van der Waals surface area contributed by atoms with Gasteiger partial charge < -0.3 is 19.1 Å². The van der Waals surface area contributed by atoms with Crippen LogP contribution in [0.4, 0.5) is 5.69 Å². The van der Waals surface area contributed by atoms with Crippen LogP contribution in [-0.4, -0.2) is 55.9 Å². The van der Waals surface area contributed by atoms with Gasteiger partial charge in [-0.25, -0.2) is 0 Å². The summed E-state index contributed by atoms with van der Waals surface area (Å²) in [6.07, 6.45) is 2.12. The number of aryl methyl sites for hydroxylation is 1. The van der Waals surface area contributed by atoms with Crippen molar-refractivity contribution in [2.75, 3.05) is 45.3 Å². The normalized spacial score (nSPS) is 20.8. The van der Waals surface area contributed by atoms with Gasteiger partial charge >= 0.3 is 0 Å². The molecular weight excluding hydrogens is 250 g/mol. The molecule has 2 heterocycles. The number of hydrogen-bond acceptors (Lipinski definition) is 3. The molecule has 1 unspecified atom stereocenters. The van der Waals surface area contributed by atoms with E-state index in [9.17, 15) is 0 Å². The number of methoxy groups -OCH3 is 1. The van der Waals surface area contributed by atoms with Crippen molar-refractivity contribution < 1.29 is 4.74 Å². The third-order valence-corrected chi connectivity index (χ3v) is 4.25. The van der Waals surface area contributed by atoms with Crippen LogP contribution in [0, 0.1) is 0 Å². The van der Waals surface area contributed by atoms with Gasteiger partial charge in [0.2, 0.25) is 0 Å². The molecule has 0 radical (unpaired) electrons. The zero-order chi connectivity index (χ0) is 14.1. The minimum absolute atomic E-state index is 0.430. The second kappa shape index (κ2) is 5.46. The lowest BCUT2D eigenvalue weighted by molar-refractivity contribution is 0.143. The second-order valence-corrected chi connectivity index (χ2v) is 5.73. The second-order valence-electron chi connectivity index (χ2n) is 5.73. The van der Waals surface area contributed by atoms with Crippen molar-refractivity contribution in [3.05, 3.63) is 30.5 Å². The number of piperazine rings is 1. The van der Waals surface area contributed by atoms with E-state index in [-0.39, 0.29) is 0 Å². The number of fused-ring (bicyclic) bond motifs is 1. The molecule has 1 fully saturated rings. The molecule has 0 amide bonds. The van der Waals surface area contributed by atoms with Crippen molar-refractivity contribution in [1.82, 2.24) is 9.47 Å². The molecule has 2 aromatic rings. The van der Waals surface area contributed by atoms with Crippen LogP contribution in [0.25, 0.3) is 10.9 Å². The molecule has 1 aliphatic heterocycles. The molecule has 0 saturated carbocycles. The molecule has 1 atom stereocenters. The highest BCUT2D eigenvalue weighted by Crippen LogP contribution is 2.25. The summed E-state index contributed by atoms with van der Waals surface area (Å²) < 4.78 is 7.56. The third kappa shape index (κ3) is 2.41. The number of hydrogen-bond donors (Lipinski definition) is 0. The highest BCUT2D eigenvalue weighted by atomic mass is 16.5. The van der Waals surface area contributed by atoms with E-state index in [0.29, 0.717) is 6.04 Å². The molecular formula is C16H23N3O. The summed E-state index contributed by atoms with van der Waals surface area (Å²) in [6.45, 7) is 3.99. The Morgan fingerprint density at radius 2 is 2.05 bits per heavy atom. The van der Waals surface area contributed by atoms with Crippen LogP contribution in [0.2, 0.25) is 0 Å². The van der Waals surface area contributed by atoms with Crippen molar-refractivity contribution in [1.29, 1.82) is 0 Å². The number of rotatable bonds is 3. The van der Waals surface area contributed by atoms with Crippen LogP contribution in [-0.2, 0) is 11.8 Å². The quantitative estimate of drug-likeness (QED) is 0.852. The van der Waals surface area contributed by atoms with Gasteiger partial charge in [-0.05, 0) is 31.3 Å². The number of aromatic nitrogens is 1. The van der Waals surface area contributed by atoms with Crippen LogP contribution < -0.4 is 4.90 Å². The summed E-state index contributed by atoms with van der Waals surface area (Å²) in [5, 5.41) is 1.31. The first-order valence-electron chi connectivity index (χ1n) is 7.18. The lowest BCUT2D eigenvalue weighted by atomic mass is 10.1. The summed E-state index contributed by atoms with van der Waals surface area (Å²) in [7, 11) is 6.05. The van der Waals surface area contributed by atoms with Gasteiger partial charge in [0, 0.05) is 56.6 Å². The van der Waals surface area contributed by atoms with Crippen molar-refractivity contribution >= 4 is 16.6 Å². The topological polar surface area (TPSA) is 20.6 Å². The lowest BCUT2D eigenvalue weighted by Crippen LogP contribution is -2.53. The van der Waals surface area contributed by atoms with Gasteiger partial charge in [0.1, 0.15) is 0 Å². The van der Waals surface area contributed by atoms with Crippen LogP contribution in [0.1, 0.15) is 0 Å². The molecule has 20 heavy (non-hydrogen) atoms. The van der Waals surface area contributed by atoms with Gasteiger partial charge in [-0.2, -0.15) is 0 Å². The Morgan fingerprint density at radius 1 is 1.20 bits per heavy atom. The molecule has 1 aliphatic rings. The Bertz CT molecular complexity index is 592. The predicted molar refractivity (Wildman–Crippen MR) is 83.4 cm³/mol. The van der Waals surface area contributed by atoms with Gasteiger partial charge in [0.15, 0.2) is 0 Å². The fraction of sp³-hybridized carbons (Fsp3) is 0.500. The first-order valence-corrected chi connectivity index (χ1v) is 7.18. The summed E-state index contributed by atoms with van der Waals surface area (Å²) in [4.78, 5) is 4.86. The zero-order valence-electron chi connectivity index (χ0n) is 12.5. The molecule has 1 aromatic carbocycles. The number of ether oxygens (including phenoxy) is 1. The van der Waals surface area contributed by atoms with Gasteiger partial charge in [0.05, 0.1) is 12.6 Å². The lowest BCUT2D eigenvalue weighted by Gasteiger charge is -2.41. The van der Waals surface area contributed by atoms with E-state index in [1.807, 2.05) is 0 Å². The van der Waals surface area contributed by atoms with E-state index in [1.54, 1.807) is 7.11 Å². The molecule has 3 rings (SSSR count). The Balaban J connectivity index is 1.91. The van der Waals surface area contributed by atoms with E-state index < -0.39 is 0 Å². The Morgan fingerprint density at radius 3 is 2.85 bits per heavy atom. The van der Waals surface area contributed by atoms with Crippen molar-refractivity contribution in [2.45, 2.75) is 6.04 Å². The maximum absolute atomic E-state index is 5.40. The van der Waals surface area contributed by atoms with E-state index in [1.165, 1.54) is 16.6 Å². The number of nitrogens with zero attached hydrogens (tertiary/aromatic N) is 3. The van der Waals surface area contributed by atoms with Crippen molar-refractivity contribution in [2.24, 2.45) is 7.05 Å². The SMILES string of the molecule is COCC1CN(C)CCN1c1ccc2c(ccn2C)c1. The standard InChI is InChI=1S/C16H23N3O/c1-17-8-9-19(15(11-17)12-20-3)14-4-5-16-13(10-14)6-7-18(16)2/h4-7,10,15H,8-9,11-12H2,1-3H3. The van der Waals surface area contributed by atoms with E-state index >= 15 is 0 Å². The van der Waals surface area contributed by atoms with Crippen LogP contribution in [0.5, 0.6) is 0 Å². The van der Waals surface area contributed by atoms with Gasteiger partial charge in [-0.15, -0.1) is 0 Å².